The van der Waals surface area contributed by atoms with Crippen LogP contribution in [-0.4, -0.2) is 19.5 Å². The van der Waals surface area contributed by atoms with Gasteiger partial charge in [-0.1, -0.05) is 146 Å². The summed E-state index contributed by atoms with van der Waals surface area (Å²) >= 11 is 0. The van der Waals surface area contributed by atoms with E-state index in [1.165, 1.54) is 48.5 Å². The lowest BCUT2D eigenvalue weighted by atomic mass is 9.88. The third-order valence-corrected chi connectivity index (χ3v) is 12.8. The number of hydrogen-bond donors (Lipinski definition) is 0. The maximum absolute atomic E-state index is 15.6. The van der Waals surface area contributed by atoms with E-state index in [-0.39, 0.29) is 51.0 Å². The van der Waals surface area contributed by atoms with Gasteiger partial charge in [0.1, 0.15) is 0 Å². The first-order chi connectivity index (χ1) is 35.4. The number of hydrogen-bond acceptors (Lipinski definition) is 5. The lowest BCUT2D eigenvalue weighted by molar-refractivity contribution is -0.137. The molecule has 0 radical (unpaired) electrons. The van der Waals surface area contributed by atoms with Crippen molar-refractivity contribution in [2.45, 2.75) is 12.4 Å². The Kier molecular flexibility index (Phi) is 11.5. The SMILES string of the molecule is N#Cc1ccccc1-c1ccc2c(c1)c1cc(-c3ccccc3C#N)ccc1n2-c1c(-c2ccccc2C(F)(F)F)cc(-c2nc(-c3ccccc3)nc(-c3ccccc3)n2)cc1-c1ccccc1C(F)(F)F. The summed E-state index contributed by atoms with van der Waals surface area (Å²) in [5.41, 5.74) is 2.67. The average Bonchev–Trinajstić information content (AvgIpc) is 3.75. The number of nitrogens with zero attached hydrogens (tertiary/aromatic N) is 6. The van der Waals surface area contributed by atoms with Gasteiger partial charge < -0.3 is 4.57 Å². The summed E-state index contributed by atoms with van der Waals surface area (Å²) in [6.07, 6.45) is -9.84. The summed E-state index contributed by atoms with van der Waals surface area (Å²) in [7, 11) is 0. The van der Waals surface area contributed by atoms with Crippen LogP contribution < -0.4 is 0 Å². The van der Waals surface area contributed by atoms with E-state index < -0.39 is 23.5 Å². The predicted octanol–water partition coefficient (Wildman–Crippen LogP) is 16.4. The van der Waals surface area contributed by atoms with Crippen molar-refractivity contribution in [1.82, 2.24) is 19.5 Å². The first-order valence-electron chi connectivity index (χ1n) is 22.9. The van der Waals surface area contributed by atoms with E-state index in [0.717, 1.165) is 12.1 Å². The summed E-state index contributed by atoms with van der Waals surface area (Å²) in [4.78, 5) is 14.6. The van der Waals surface area contributed by atoms with Gasteiger partial charge >= 0.3 is 12.4 Å². The van der Waals surface area contributed by atoms with E-state index in [1.807, 2.05) is 24.3 Å². The van der Waals surface area contributed by atoms with E-state index in [9.17, 15) is 10.5 Å². The summed E-state index contributed by atoms with van der Waals surface area (Å²) in [5.74, 6) is 0.459. The average molecular weight is 965 g/mol. The Hall–Kier alpha value is -9.65. The van der Waals surface area contributed by atoms with Crippen molar-refractivity contribution < 1.29 is 26.3 Å². The number of rotatable bonds is 8. The van der Waals surface area contributed by atoms with Crippen LogP contribution >= 0.6 is 0 Å². The van der Waals surface area contributed by atoms with Crippen molar-refractivity contribution in [1.29, 1.82) is 10.5 Å². The topological polar surface area (TPSA) is 91.2 Å². The Balaban J connectivity index is 1.32. The molecule has 0 saturated heterocycles. The van der Waals surface area contributed by atoms with Crippen LogP contribution in [0.4, 0.5) is 26.3 Å². The molecule has 0 saturated carbocycles. The van der Waals surface area contributed by atoms with Crippen molar-refractivity contribution >= 4 is 21.8 Å². The van der Waals surface area contributed by atoms with Gasteiger partial charge in [-0.15, -0.1) is 0 Å². The molecular formula is C61H34F6N6. The Morgan fingerprint density at radius 3 is 1.10 bits per heavy atom. The van der Waals surface area contributed by atoms with Gasteiger partial charge in [-0.2, -0.15) is 36.9 Å². The van der Waals surface area contributed by atoms with Gasteiger partial charge in [0.15, 0.2) is 17.5 Å². The number of fused-ring (bicyclic) bond motifs is 3. The highest BCUT2D eigenvalue weighted by atomic mass is 19.4. The molecule has 0 fully saturated rings. The predicted molar refractivity (Wildman–Crippen MR) is 272 cm³/mol. The Labute approximate surface area is 414 Å². The van der Waals surface area contributed by atoms with Gasteiger partial charge in [0.05, 0.1) is 51.1 Å². The highest BCUT2D eigenvalue weighted by molar-refractivity contribution is 6.13. The Morgan fingerprint density at radius 1 is 0.342 bits per heavy atom. The van der Waals surface area contributed by atoms with Crippen LogP contribution in [0, 0.1) is 22.7 Å². The highest BCUT2D eigenvalue weighted by Gasteiger charge is 2.37. The highest BCUT2D eigenvalue weighted by Crippen LogP contribution is 2.49. The summed E-state index contributed by atoms with van der Waals surface area (Å²) in [5, 5.41) is 21.5. The molecule has 12 heteroatoms. The van der Waals surface area contributed by atoms with Crippen LogP contribution in [0.25, 0.3) is 106 Å². The van der Waals surface area contributed by atoms with Crippen molar-refractivity contribution in [2.24, 2.45) is 0 Å². The van der Waals surface area contributed by atoms with E-state index in [1.54, 1.807) is 126 Å². The summed E-state index contributed by atoms with van der Waals surface area (Å²) in [6.45, 7) is 0. The molecule has 0 aliphatic carbocycles. The van der Waals surface area contributed by atoms with Gasteiger partial charge in [0.25, 0.3) is 0 Å². The van der Waals surface area contributed by atoms with Crippen LogP contribution in [0.5, 0.6) is 0 Å². The minimum atomic E-state index is -4.92. The van der Waals surface area contributed by atoms with E-state index >= 15 is 26.3 Å². The second kappa shape index (κ2) is 18.3. The maximum atomic E-state index is 15.6. The standard InChI is InChI=1S/C61H34F6N6/c62-60(63,64)52-25-13-11-23-46(52)50-33-43(59-71-57(37-15-3-1-4-16-37)70-58(72-59)38-17-5-2-6-18-38)34-51(47-24-12-14-26-53(47)61(65,66)67)56(50)73-54-29-27-39(44-21-9-7-19-41(44)35-68)31-48(54)49-32-40(28-30-55(49)73)45-22-10-8-20-42(45)36-69/h1-34H. The third-order valence-electron chi connectivity index (χ3n) is 12.8. The molecule has 11 aromatic rings. The number of alkyl halides is 6. The smallest absolute Gasteiger partial charge is 0.308 e. The molecule has 11 rings (SSSR count). The lowest BCUT2D eigenvalue weighted by Crippen LogP contribution is -2.11. The van der Waals surface area contributed by atoms with E-state index in [4.69, 9.17) is 15.0 Å². The molecular weight excluding hydrogens is 931 g/mol. The van der Waals surface area contributed by atoms with Gasteiger partial charge in [0, 0.05) is 38.6 Å². The second-order valence-electron chi connectivity index (χ2n) is 17.2. The number of halogens is 6. The molecule has 0 N–H and O–H groups in total. The zero-order valence-corrected chi connectivity index (χ0v) is 38.1. The monoisotopic (exact) mass is 964 g/mol. The fourth-order valence-electron chi connectivity index (χ4n) is 9.55. The number of nitriles is 2. The zero-order chi connectivity index (χ0) is 50.4. The van der Waals surface area contributed by atoms with E-state index in [0.29, 0.717) is 66.3 Å². The first kappa shape index (κ1) is 45.8. The molecule has 0 aliphatic heterocycles. The fraction of sp³-hybridized carbons (Fsp3) is 0.0328. The van der Waals surface area contributed by atoms with Crippen molar-refractivity contribution in [3.63, 3.8) is 0 Å². The number of benzene rings is 9. The molecule has 9 aromatic carbocycles. The van der Waals surface area contributed by atoms with Gasteiger partial charge in [0.2, 0.25) is 0 Å². The molecule has 0 amide bonds. The van der Waals surface area contributed by atoms with Crippen LogP contribution in [0.1, 0.15) is 22.3 Å². The molecule has 0 bridgehead atoms. The van der Waals surface area contributed by atoms with Crippen LogP contribution in [0.3, 0.4) is 0 Å². The Bertz CT molecular complexity index is 3780. The Morgan fingerprint density at radius 2 is 0.699 bits per heavy atom. The lowest BCUT2D eigenvalue weighted by Gasteiger charge is -2.24. The molecule has 0 unspecified atom stereocenters. The normalized spacial score (nSPS) is 11.7. The van der Waals surface area contributed by atoms with Gasteiger partial charge in [-0.05, 0) is 94.0 Å². The minimum absolute atomic E-state index is 0.000409. The molecule has 0 spiro atoms. The second-order valence-corrected chi connectivity index (χ2v) is 17.2. The molecule has 6 nitrogen and oxygen atoms in total. The summed E-state index contributed by atoms with van der Waals surface area (Å²) in [6, 6.07) is 60.4. The molecule has 2 aromatic heterocycles. The largest absolute Gasteiger partial charge is 0.417 e. The van der Waals surface area contributed by atoms with E-state index in [2.05, 4.69) is 12.1 Å². The van der Waals surface area contributed by atoms with Crippen molar-refractivity contribution in [3.05, 3.63) is 229 Å². The van der Waals surface area contributed by atoms with Crippen LogP contribution in [0.15, 0.2) is 206 Å². The fourth-order valence-corrected chi connectivity index (χ4v) is 9.55. The molecule has 73 heavy (non-hydrogen) atoms. The van der Waals surface area contributed by atoms with Crippen molar-refractivity contribution in [2.75, 3.05) is 0 Å². The van der Waals surface area contributed by atoms with Gasteiger partial charge in [-0.3, -0.25) is 0 Å². The maximum Gasteiger partial charge on any atom is 0.417 e. The first-order valence-corrected chi connectivity index (χ1v) is 22.9. The molecule has 350 valence electrons. The zero-order valence-electron chi connectivity index (χ0n) is 38.1. The molecule has 0 atom stereocenters. The summed E-state index contributed by atoms with van der Waals surface area (Å²) < 4.78 is 95.1. The van der Waals surface area contributed by atoms with Crippen LogP contribution in [0.2, 0.25) is 0 Å². The minimum Gasteiger partial charge on any atom is -0.308 e. The third kappa shape index (κ3) is 8.41. The molecule has 2 heterocycles. The van der Waals surface area contributed by atoms with Crippen molar-refractivity contribution in [3.8, 4) is 96.5 Å². The number of aromatic nitrogens is 4. The quantitative estimate of drug-likeness (QED) is 0.142. The molecule has 0 aliphatic rings. The van der Waals surface area contributed by atoms with Gasteiger partial charge in [-0.25, -0.2) is 15.0 Å². The van der Waals surface area contributed by atoms with Crippen LogP contribution in [-0.2, 0) is 12.4 Å².